The van der Waals surface area contributed by atoms with Gasteiger partial charge >= 0.3 is 5.97 Å². The average molecular weight is 448 g/mol. The largest absolute Gasteiger partial charge is 0.482 e. The summed E-state index contributed by atoms with van der Waals surface area (Å²) in [6.07, 6.45) is 0.305. The molecule has 3 N–H and O–H groups in total. The SMILES string of the molecule is Cc1cc(OCC(=O)O)c([C@H]2C[C@@H](NC(=O)CCO)C[C@@H](c3ccccc3)O2)cc1Cl. The fourth-order valence-corrected chi connectivity index (χ4v) is 3.88. The molecule has 1 saturated heterocycles. The number of ether oxygens (including phenoxy) is 2. The monoisotopic (exact) mass is 447 g/mol. The van der Waals surface area contributed by atoms with E-state index in [0.717, 1.165) is 11.1 Å². The van der Waals surface area contributed by atoms with Crippen molar-refractivity contribution in [2.24, 2.45) is 0 Å². The summed E-state index contributed by atoms with van der Waals surface area (Å²) in [6.45, 7) is 1.10. The molecule has 1 amide bonds. The molecule has 0 saturated carbocycles. The molecule has 0 spiro atoms. The van der Waals surface area contributed by atoms with Crippen LogP contribution in [-0.2, 0) is 14.3 Å². The molecule has 1 fully saturated rings. The van der Waals surface area contributed by atoms with E-state index in [0.29, 0.717) is 29.2 Å². The normalized spacial score (nSPS) is 20.8. The number of carbonyl (C=O) groups is 2. The predicted molar refractivity (Wildman–Crippen MR) is 115 cm³/mol. The maximum absolute atomic E-state index is 12.1. The number of amides is 1. The zero-order valence-corrected chi connectivity index (χ0v) is 18.0. The second kappa shape index (κ2) is 10.6. The van der Waals surface area contributed by atoms with Gasteiger partial charge in [-0.1, -0.05) is 41.9 Å². The van der Waals surface area contributed by atoms with Gasteiger partial charge in [-0.2, -0.15) is 0 Å². The van der Waals surface area contributed by atoms with E-state index in [1.54, 1.807) is 12.1 Å². The molecule has 1 aliphatic heterocycles. The molecule has 8 heteroatoms. The van der Waals surface area contributed by atoms with Gasteiger partial charge in [0.15, 0.2) is 6.61 Å². The van der Waals surface area contributed by atoms with E-state index >= 15 is 0 Å². The van der Waals surface area contributed by atoms with Gasteiger partial charge in [-0.05, 0) is 43.0 Å². The van der Waals surface area contributed by atoms with Crippen LogP contribution in [0.2, 0.25) is 5.02 Å². The van der Waals surface area contributed by atoms with Crippen molar-refractivity contribution in [1.82, 2.24) is 5.32 Å². The molecule has 0 bridgehead atoms. The minimum Gasteiger partial charge on any atom is -0.482 e. The third kappa shape index (κ3) is 6.19. The molecule has 0 radical (unpaired) electrons. The van der Waals surface area contributed by atoms with E-state index < -0.39 is 18.7 Å². The van der Waals surface area contributed by atoms with Crippen molar-refractivity contribution in [3.63, 3.8) is 0 Å². The Balaban J connectivity index is 1.93. The summed E-state index contributed by atoms with van der Waals surface area (Å²) in [5.74, 6) is -0.924. The number of halogens is 1. The lowest BCUT2D eigenvalue weighted by atomic mass is 9.90. The Morgan fingerprint density at radius 2 is 1.90 bits per heavy atom. The fourth-order valence-electron chi connectivity index (χ4n) is 3.71. The van der Waals surface area contributed by atoms with Crippen LogP contribution in [0.5, 0.6) is 5.75 Å². The number of carbonyl (C=O) groups excluding carboxylic acids is 1. The van der Waals surface area contributed by atoms with Crippen molar-refractivity contribution in [2.45, 2.75) is 44.4 Å². The van der Waals surface area contributed by atoms with Gasteiger partial charge < -0.3 is 25.0 Å². The number of hydrogen-bond donors (Lipinski definition) is 3. The Bertz CT molecular complexity index is 920. The first-order valence-electron chi connectivity index (χ1n) is 10.1. The minimum absolute atomic E-state index is 0.0291. The van der Waals surface area contributed by atoms with Crippen molar-refractivity contribution < 1.29 is 29.3 Å². The number of rotatable bonds is 8. The molecular weight excluding hydrogens is 422 g/mol. The standard InChI is InChI=1S/C23H26ClNO6/c1-14-9-20(30-13-23(28)29)17(12-18(14)24)21-11-16(25-22(27)7-8-26)10-19(31-21)15-5-3-2-4-6-15/h2-6,9,12,16,19,21,26H,7-8,10-11,13H2,1H3,(H,25,27)(H,28,29)/t16-,19-,21+/m0/s1. The van der Waals surface area contributed by atoms with Crippen LogP contribution in [0, 0.1) is 6.92 Å². The number of aryl methyl sites for hydroxylation is 1. The van der Waals surface area contributed by atoms with Gasteiger partial charge in [-0.25, -0.2) is 4.79 Å². The number of carboxylic acid groups (broad SMARTS) is 1. The zero-order valence-electron chi connectivity index (χ0n) is 17.2. The highest BCUT2D eigenvalue weighted by atomic mass is 35.5. The number of aliphatic hydroxyl groups is 1. The zero-order chi connectivity index (χ0) is 22.4. The van der Waals surface area contributed by atoms with Crippen LogP contribution in [0.4, 0.5) is 0 Å². The Kier molecular flexibility index (Phi) is 7.90. The predicted octanol–water partition coefficient (Wildman–Crippen LogP) is 3.57. The molecule has 0 aliphatic carbocycles. The average Bonchev–Trinajstić information content (AvgIpc) is 2.74. The molecule has 3 atom stereocenters. The summed E-state index contributed by atoms with van der Waals surface area (Å²) < 4.78 is 11.9. The van der Waals surface area contributed by atoms with Crippen molar-refractivity contribution in [3.8, 4) is 5.75 Å². The highest BCUT2D eigenvalue weighted by Gasteiger charge is 2.34. The maximum atomic E-state index is 12.1. The van der Waals surface area contributed by atoms with Crippen molar-refractivity contribution in [1.29, 1.82) is 0 Å². The molecule has 2 aromatic carbocycles. The van der Waals surface area contributed by atoms with E-state index in [4.69, 9.17) is 31.3 Å². The van der Waals surface area contributed by atoms with Gasteiger partial charge in [0.05, 0.1) is 18.8 Å². The van der Waals surface area contributed by atoms with Gasteiger partial charge in [0.25, 0.3) is 0 Å². The van der Waals surface area contributed by atoms with Crippen LogP contribution >= 0.6 is 11.6 Å². The fraction of sp³-hybridized carbons (Fsp3) is 0.391. The summed E-state index contributed by atoms with van der Waals surface area (Å²) in [7, 11) is 0. The summed E-state index contributed by atoms with van der Waals surface area (Å²) in [5.41, 5.74) is 2.37. The molecule has 166 valence electrons. The lowest BCUT2D eigenvalue weighted by Gasteiger charge is -2.37. The highest BCUT2D eigenvalue weighted by Crippen LogP contribution is 2.43. The van der Waals surface area contributed by atoms with Crippen molar-refractivity contribution >= 4 is 23.5 Å². The number of hydrogen-bond acceptors (Lipinski definition) is 5. The van der Waals surface area contributed by atoms with Crippen LogP contribution in [0.25, 0.3) is 0 Å². The van der Waals surface area contributed by atoms with Gasteiger partial charge in [0, 0.05) is 23.0 Å². The Labute approximate surface area is 185 Å². The number of aliphatic hydroxyl groups excluding tert-OH is 1. The maximum Gasteiger partial charge on any atom is 0.341 e. The lowest BCUT2D eigenvalue weighted by molar-refractivity contribution is -0.139. The molecule has 1 heterocycles. The van der Waals surface area contributed by atoms with Crippen molar-refractivity contribution in [2.75, 3.05) is 13.2 Å². The first-order valence-corrected chi connectivity index (χ1v) is 10.5. The summed E-state index contributed by atoms with van der Waals surface area (Å²) in [6, 6.07) is 12.9. The number of carboxylic acids is 1. The Morgan fingerprint density at radius 1 is 1.19 bits per heavy atom. The van der Waals surface area contributed by atoms with Crippen LogP contribution in [0.1, 0.15) is 48.2 Å². The van der Waals surface area contributed by atoms with Gasteiger partial charge in [0.2, 0.25) is 5.91 Å². The highest BCUT2D eigenvalue weighted by molar-refractivity contribution is 6.31. The van der Waals surface area contributed by atoms with E-state index in [9.17, 15) is 9.59 Å². The van der Waals surface area contributed by atoms with Gasteiger partial charge in [-0.3, -0.25) is 4.79 Å². The molecule has 3 rings (SSSR count). The quantitative estimate of drug-likeness (QED) is 0.571. The minimum atomic E-state index is -1.08. The second-order valence-electron chi connectivity index (χ2n) is 7.56. The molecule has 2 aromatic rings. The molecule has 7 nitrogen and oxygen atoms in total. The van der Waals surface area contributed by atoms with Crippen molar-refractivity contribution in [3.05, 3.63) is 64.2 Å². The second-order valence-corrected chi connectivity index (χ2v) is 7.96. The van der Waals surface area contributed by atoms with Crippen LogP contribution in [0.15, 0.2) is 42.5 Å². The van der Waals surface area contributed by atoms with E-state index in [1.165, 1.54) is 0 Å². The molecular formula is C23H26ClNO6. The molecule has 31 heavy (non-hydrogen) atoms. The third-order valence-electron chi connectivity index (χ3n) is 5.19. The summed E-state index contributed by atoms with van der Waals surface area (Å²) >= 11 is 6.36. The molecule has 0 unspecified atom stereocenters. The summed E-state index contributed by atoms with van der Waals surface area (Å²) in [5, 5.41) is 21.6. The number of nitrogens with one attached hydrogen (secondary N) is 1. The van der Waals surface area contributed by atoms with E-state index in [1.807, 2.05) is 37.3 Å². The van der Waals surface area contributed by atoms with E-state index in [-0.39, 0.29) is 31.1 Å². The van der Waals surface area contributed by atoms with Gasteiger partial charge in [0.1, 0.15) is 5.75 Å². The molecule has 1 aliphatic rings. The third-order valence-corrected chi connectivity index (χ3v) is 5.60. The molecule has 0 aromatic heterocycles. The topological polar surface area (TPSA) is 105 Å². The van der Waals surface area contributed by atoms with Crippen LogP contribution in [0.3, 0.4) is 0 Å². The lowest BCUT2D eigenvalue weighted by Crippen LogP contribution is -2.41. The Morgan fingerprint density at radius 3 is 2.58 bits per heavy atom. The number of benzene rings is 2. The summed E-state index contributed by atoms with van der Waals surface area (Å²) in [4.78, 5) is 23.2. The first kappa shape index (κ1) is 23.1. The van der Waals surface area contributed by atoms with Crippen LogP contribution < -0.4 is 10.1 Å². The number of aliphatic carboxylic acids is 1. The van der Waals surface area contributed by atoms with Crippen LogP contribution in [-0.4, -0.2) is 41.3 Å². The Hall–Kier alpha value is -2.61. The smallest absolute Gasteiger partial charge is 0.341 e. The van der Waals surface area contributed by atoms with E-state index in [2.05, 4.69) is 5.32 Å². The van der Waals surface area contributed by atoms with Gasteiger partial charge in [-0.15, -0.1) is 0 Å². The first-order chi connectivity index (χ1) is 14.9.